The SMILES string of the molecule is CC(C(=O)Nc1ccc(F)cc1)c1ccc2c(n1)CCCN2c1ccnc(C(F)(F)F)n1. The normalized spacial score (nSPS) is 14.6. The van der Waals surface area contributed by atoms with Crippen LogP contribution in [-0.4, -0.2) is 27.4 Å². The fourth-order valence-electron chi connectivity index (χ4n) is 3.50. The average molecular weight is 445 g/mol. The van der Waals surface area contributed by atoms with Crippen molar-refractivity contribution in [2.75, 3.05) is 16.8 Å². The third kappa shape index (κ3) is 4.53. The smallest absolute Gasteiger partial charge is 0.326 e. The van der Waals surface area contributed by atoms with Crippen LogP contribution in [0.5, 0.6) is 0 Å². The molecule has 4 rings (SSSR count). The Morgan fingerprint density at radius 3 is 2.56 bits per heavy atom. The summed E-state index contributed by atoms with van der Waals surface area (Å²) in [5, 5.41) is 2.72. The molecule has 1 atom stereocenters. The molecule has 166 valence electrons. The summed E-state index contributed by atoms with van der Waals surface area (Å²) in [6, 6.07) is 10.3. The Labute approximate surface area is 181 Å². The van der Waals surface area contributed by atoms with Crippen molar-refractivity contribution in [1.29, 1.82) is 0 Å². The number of amides is 1. The molecule has 0 aliphatic carbocycles. The van der Waals surface area contributed by atoms with Crippen LogP contribution in [0.4, 0.5) is 34.8 Å². The van der Waals surface area contributed by atoms with E-state index in [1.807, 2.05) is 0 Å². The van der Waals surface area contributed by atoms with Crippen molar-refractivity contribution < 1.29 is 22.4 Å². The molecule has 3 aromatic rings. The highest BCUT2D eigenvalue weighted by Crippen LogP contribution is 2.34. The number of nitrogens with one attached hydrogen (secondary N) is 1. The minimum Gasteiger partial charge on any atom is -0.326 e. The molecule has 2 aromatic heterocycles. The van der Waals surface area contributed by atoms with Crippen molar-refractivity contribution in [1.82, 2.24) is 15.0 Å². The molecular weight excluding hydrogens is 426 g/mol. The van der Waals surface area contributed by atoms with E-state index in [1.165, 1.54) is 30.3 Å². The zero-order valence-corrected chi connectivity index (χ0v) is 17.0. The van der Waals surface area contributed by atoms with Crippen LogP contribution in [0.2, 0.25) is 0 Å². The lowest BCUT2D eigenvalue weighted by Gasteiger charge is -2.30. The average Bonchev–Trinajstić information content (AvgIpc) is 2.78. The van der Waals surface area contributed by atoms with E-state index in [1.54, 1.807) is 24.0 Å². The highest BCUT2D eigenvalue weighted by Gasteiger charge is 2.35. The van der Waals surface area contributed by atoms with Crippen molar-refractivity contribution in [3.8, 4) is 0 Å². The Morgan fingerprint density at radius 1 is 1.09 bits per heavy atom. The maximum absolute atomic E-state index is 13.1. The first-order valence-electron chi connectivity index (χ1n) is 9.96. The van der Waals surface area contributed by atoms with Gasteiger partial charge in [0.2, 0.25) is 11.7 Å². The van der Waals surface area contributed by atoms with Crippen LogP contribution < -0.4 is 10.2 Å². The summed E-state index contributed by atoms with van der Waals surface area (Å²) < 4.78 is 52.1. The molecule has 1 aliphatic heterocycles. The summed E-state index contributed by atoms with van der Waals surface area (Å²) in [5.41, 5.74) is 2.33. The summed E-state index contributed by atoms with van der Waals surface area (Å²) in [6.07, 6.45) is -2.25. The number of anilines is 3. The number of carbonyl (C=O) groups excluding carboxylic acids is 1. The fourth-order valence-corrected chi connectivity index (χ4v) is 3.50. The second-order valence-corrected chi connectivity index (χ2v) is 7.41. The number of aryl methyl sites for hydroxylation is 1. The number of alkyl halides is 3. The first-order chi connectivity index (χ1) is 15.2. The van der Waals surface area contributed by atoms with Gasteiger partial charge < -0.3 is 10.2 Å². The van der Waals surface area contributed by atoms with Crippen molar-refractivity contribution in [3.63, 3.8) is 0 Å². The molecule has 1 amide bonds. The van der Waals surface area contributed by atoms with Gasteiger partial charge in [-0.2, -0.15) is 13.2 Å². The molecule has 32 heavy (non-hydrogen) atoms. The number of hydrogen-bond acceptors (Lipinski definition) is 5. The van der Waals surface area contributed by atoms with Gasteiger partial charge in [0.25, 0.3) is 0 Å². The molecular formula is C22H19F4N5O. The summed E-state index contributed by atoms with van der Waals surface area (Å²) in [6.45, 7) is 2.19. The van der Waals surface area contributed by atoms with E-state index in [-0.39, 0.29) is 11.7 Å². The van der Waals surface area contributed by atoms with Crippen LogP contribution in [0.1, 0.15) is 36.5 Å². The second-order valence-electron chi connectivity index (χ2n) is 7.41. The summed E-state index contributed by atoms with van der Waals surface area (Å²) >= 11 is 0. The first kappa shape index (κ1) is 21.7. The van der Waals surface area contributed by atoms with Crippen LogP contribution in [0.15, 0.2) is 48.7 Å². The van der Waals surface area contributed by atoms with Crippen molar-refractivity contribution >= 4 is 23.1 Å². The van der Waals surface area contributed by atoms with Crippen LogP contribution in [0, 0.1) is 5.82 Å². The number of aromatic nitrogens is 3. The molecule has 0 fully saturated rings. The van der Waals surface area contributed by atoms with E-state index in [4.69, 9.17) is 0 Å². The highest BCUT2D eigenvalue weighted by molar-refractivity contribution is 5.95. The van der Waals surface area contributed by atoms with E-state index in [2.05, 4.69) is 20.3 Å². The summed E-state index contributed by atoms with van der Waals surface area (Å²) in [7, 11) is 0. The van der Waals surface area contributed by atoms with Gasteiger partial charge in [0.05, 0.1) is 23.0 Å². The molecule has 3 heterocycles. The quantitative estimate of drug-likeness (QED) is 0.581. The number of carbonyl (C=O) groups is 1. The van der Waals surface area contributed by atoms with Crippen LogP contribution in [-0.2, 0) is 17.4 Å². The number of halogens is 4. The van der Waals surface area contributed by atoms with E-state index in [0.29, 0.717) is 42.1 Å². The largest absolute Gasteiger partial charge is 0.451 e. The minimum atomic E-state index is -4.63. The van der Waals surface area contributed by atoms with Gasteiger partial charge in [-0.3, -0.25) is 9.78 Å². The van der Waals surface area contributed by atoms with Gasteiger partial charge in [0, 0.05) is 18.4 Å². The molecule has 0 saturated heterocycles. The standard InChI is InChI=1S/C22H19F4N5O/c1-13(20(32)28-15-6-4-14(23)5-7-15)16-8-9-18-17(29-16)3-2-12-31(18)19-10-11-27-21(30-19)22(24,25)26/h4-11,13H,2-3,12H2,1H3,(H,28,32). The molecule has 10 heteroatoms. The minimum absolute atomic E-state index is 0.143. The lowest BCUT2D eigenvalue weighted by molar-refractivity contribution is -0.144. The Bertz CT molecular complexity index is 1130. The lowest BCUT2D eigenvalue weighted by Crippen LogP contribution is -2.28. The van der Waals surface area contributed by atoms with Crippen LogP contribution in [0.25, 0.3) is 0 Å². The summed E-state index contributed by atoms with van der Waals surface area (Å²) in [5.74, 6) is -2.34. The van der Waals surface area contributed by atoms with Crippen molar-refractivity contribution in [2.45, 2.75) is 31.9 Å². The number of rotatable bonds is 4. The third-order valence-electron chi connectivity index (χ3n) is 5.18. The zero-order valence-electron chi connectivity index (χ0n) is 17.0. The van der Waals surface area contributed by atoms with Crippen molar-refractivity contribution in [2.24, 2.45) is 0 Å². The monoisotopic (exact) mass is 445 g/mol. The Balaban J connectivity index is 1.56. The number of fused-ring (bicyclic) bond motifs is 1. The van der Waals surface area contributed by atoms with Crippen molar-refractivity contribution in [3.05, 3.63) is 71.7 Å². The number of nitrogens with zero attached hydrogens (tertiary/aromatic N) is 4. The molecule has 0 spiro atoms. The van der Waals surface area contributed by atoms with Crippen LogP contribution >= 0.6 is 0 Å². The third-order valence-corrected chi connectivity index (χ3v) is 5.18. The van der Waals surface area contributed by atoms with Gasteiger partial charge in [0.1, 0.15) is 11.6 Å². The summed E-state index contributed by atoms with van der Waals surface area (Å²) in [4.78, 5) is 25.9. The molecule has 1 N–H and O–H groups in total. The molecule has 1 aromatic carbocycles. The molecule has 0 bridgehead atoms. The van der Waals surface area contributed by atoms with E-state index < -0.39 is 23.7 Å². The molecule has 1 unspecified atom stereocenters. The van der Waals surface area contributed by atoms with Gasteiger partial charge in [-0.1, -0.05) is 0 Å². The second kappa shape index (κ2) is 8.52. The lowest BCUT2D eigenvalue weighted by atomic mass is 10.0. The molecule has 0 radical (unpaired) electrons. The molecule has 1 aliphatic rings. The highest BCUT2D eigenvalue weighted by atomic mass is 19.4. The van der Waals surface area contributed by atoms with Gasteiger partial charge >= 0.3 is 6.18 Å². The van der Waals surface area contributed by atoms with E-state index in [0.717, 1.165) is 6.20 Å². The Kier molecular flexibility index (Phi) is 5.77. The predicted molar refractivity (Wildman–Crippen MR) is 110 cm³/mol. The van der Waals surface area contributed by atoms with Gasteiger partial charge in [-0.25, -0.2) is 14.4 Å². The van der Waals surface area contributed by atoms with Gasteiger partial charge in [-0.05, 0) is 62.2 Å². The van der Waals surface area contributed by atoms with E-state index >= 15 is 0 Å². The predicted octanol–water partition coefficient (Wildman–Crippen LogP) is 4.86. The molecule has 0 saturated carbocycles. The number of benzene rings is 1. The topological polar surface area (TPSA) is 71.0 Å². The Morgan fingerprint density at radius 2 is 1.84 bits per heavy atom. The number of hydrogen-bond donors (Lipinski definition) is 1. The van der Waals surface area contributed by atoms with Gasteiger partial charge in [0.15, 0.2) is 0 Å². The van der Waals surface area contributed by atoms with Gasteiger partial charge in [-0.15, -0.1) is 0 Å². The maximum atomic E-state index is 13.1. The maximum Gasteiger partial charge on any atom is 0.451 e. The zero-order chi connectivity index (χ0) is 22.9. The first-order valence-corrected chi connectivity index (χ1v) is 9.96. The fraction of sp³-hybridized carbons (Fsp3) is 0.273. The van der Waals surface area contributed by atoms with E-state index in [9.17, 15) is 22.4 Å². The Hall–Kier alpha value is -3.56. The van der Waals surface area contributed by atoms with Crippen LogP contribution in [0.3, 0.4) is 0 Å². The number of pyridine rings is 1. The molecule has 6 nitrogen and oxygen atoms in total.